The van der Waals surface area contributed by atoms with Crippen LogP contribution in [0.25, 0.3) is 0 Å². The lowest BCUT2D eigenvalue weighted by molar-refractivity contribution is -0.161. The van der Waals surface area contributed by atoms with Crippen molar-refractivity contribution in [2.45, 2.75) is 180 Å². The van der Waals surface area contributed by atoms with Crippen LogP contribution in [0.3, 0.4) is 0 Å². The van der Waals surface area contributed by atoms with E-state index >= 15 is 0 Å². The van der Waals surface area contributed by atoms with Crippen LogP contribution in [-0.2, 0) is 37.5 Å². The van der Waals surface area contributed by atoms with Crippen molar-refractivity contribution in [3.63, 3.8) is 0 Å². The SMILES string of the molecule is CCCCC/C=C/C/C=C/C/C=C/C/C=C/CCCCCC(=O)OC[C@@H](COP(=O)(O)OC[C@@H](N)C(=O)O)OC(=O)CCCCCCC/C=C/CCCCCC. The van der Waals surface area contributed by atoms with Crippen LogP contribution in [0.1, 0.15) is 168 Å². The second-order valence-electron chi connectivity index (χ2n) is 14.1. The summed E-state index contributed by atoms with van der Waals surface area (Å²) in [6, 6.07) is -1.53. The van der Waals surface area contributed by atoms with Crippen LogP contribution in [0, 0.1) is 0 Å². The molecule has 0 saturated carbocycles. The van der Waals surface area contributed by atoms with E-state index in [1.807, 2.05) is 0 Å². The van der Waals surface area contributed by atoms with Gasteiger partial charge in [0.1, 0.15) is 12.6 Å². The summed E-state index contributed by atoms with van der Waals surface area (Å²) < 4.78 is 32.6. The van der Waals surface area contributed by atoms with Gasteiger partial charge < -0.3 is 25.2 Å². The number of phosphoric acid groups is 1. The molecule has 4 N–H and O–H groups in total. The van der Waals surface area contributed by atoms with Gasteiger partial charge in [-0.25, -0.2) is 4.57 Å². The molecule has 1 unspecified atom stereocenters. The molecular weight excluding hydrogens is 733 g/mol. The van der Waals surface area contributed by atoms with Gasteiger partial charge in [0.25, 0.3) is 0 Å². The van der Waals surface area contributed by atoms with E-state index in [1.165, 1.54) is 51.4 Å². The second-order valence-corrected chi connectivity index (χ2v) is 15.6. The molecule has 0 radical (unpaired) electrons. The molecule has 0 rings (SSSR count). The normalized spacial score (nSPS) is 14.4. The summed E-state index contributed by atoms with van der Waals surface area (Å²) in [7, 11) is -4.73. The van der Waals surface area contributed by atoms with Crippen molar-refractivity contribution in [3.05, 3.63) is 60.8 Å². The third-order valence-corrected chi connectivity index (χ3v) is 9.69. The van der Waals surface area contributed by atoms with Gasteiger partial charge in [-0.3, -0.25) is 23.4 Å². The number of allylic oxidation sites excluding steroid dienone is 10. The third kappa shape index (κ3) is 38.1. The molecule has 0 fully saturated rings. The minimum absolute atomic E-state index is 0.141. The molecule has 0 aromatic heterocycles. The lowest BCUT2D eigenvalue weighted by Crippen LogP contribution is -2.34. The maximum atomic E-state index is 12.6. The quantitative estimate of drug-likeness (QED) is 0.0233. The van der Waals surface area contributed by atoms with Gasteiger partial charge in [-0.1, -0.05) is 132 Å². The van der Waals surface area contributed by atoms with Crippen LogP contribution >= 0.6 is 7.82 Å². The monoisotopic (exact) mass is 810 g/mol. The van der Waals surface area contributed by atoms with Crippen LogP contribution in [-0.4, -0.2) is 59.9 Å². The summed E-state index contributed by atoms with van der Waals surface area (Å²) in [5, 5.41) is 8.88. The van der Waals surface area contributed by atoms with E-state index < -0.39 is 51.1 Å². The molecule has 11 nitrogen and oxygen atoms in total. The summed E-state index contributed by atoms with van der Waals surface area (Å²) >= 11 is 0. The molecule has 0 amide bonds. The van der Waals surface area contributed by atoms with Gasteiger partial charge >= 0.3 is 25.7 Å². The highest BCUT2D eigenvalue weighted by molar-refractivity contribution is 7.47. The zero-order valence-corrected chi connectivity index (χ0v) is 35.6. The molecular formula is C44H76NO10P. The summed E-state index contributed by atoms with van der Waals surface area (Å²) in [5.74, 6) is -2.44. The first kappa shape index (κ1) is 53.2. The standard InChI is InChI=1S/C44H76NO10P/c1-3-5-7-9-11-13-15-17-18-19-20-21-22-24-25-27-29-31-33-35-42(46)52-37-40(38-53-56(50,51)54-39-41(45)44(48)49)55-43(47)36-34-32-30-28-26-23-16-14-12-10-8-6-4-2/h11,13-14,16-18,20-21,24-25,40-41H,3-10,12,15,19,22-23,26-39,45H2,1-2H3,(H,48,49)(H,50,51)/b13-11+,16-14+,18-17+,21-20+,25-24+/t40-,41+/m0/s1. The molecule has 0 aromatic rings. The average Bonchev–Trinajstić information content (AvgIpc) is 3.17. The minimum Gasteiger partial charge on any atom is -0.480 e. The Morgan fingerprint density at radius 1 is 0.554 bits per heavy atom. The molecule has 0 bridgehead atoms. The van der Waals surface area contributed by atoms with Crippen LogP contribution in [0.4, 0.5) is 0 Å². The zero-order chi connectivity index (χ0) is 41.4. The molecule has 0 aliphatic carbocycles. The van der Waals surface area contributed by atoms with E-state index in [0.29, 0.717) is 12.8 Å². The highest BCUT2D eigenvalue weighted by atomic mass is 31.2. The number of hydrogen-bond acceptors (Lipinski definition) is 9. The van der Waals surface area contributed by atoms with E-state index in [4.69, 9.17) is 24.8 Å². The Hall–Kier alpha value is -2.82. The number of carbonyl (C=O) groups is 3. The van der Waals surface area contributed by atoms with E-state index in [9.17, 15) is 23.8 Å². The molecule has 0 spiro atoms. The first-order chi connectivity index (χ1) is 27.1. The zero-order valence-electron chi connectivity index (χ0n) is 34.7. The predicted octanol–water partition coefficient (Wildman–Crippen LogP) is 11.2. The number of carbonyl (C=O) groups excluding carboxylic acids is 2. The summed E-state index contributed by atoms with van der Waals surface area (Å²) in [5.41, 5.74) is 5.32. The van der Waals surface area contributed by atoms with Gasteiger partial charge in [0, 0.05) is 12.8 Å². The Morgan fingerprint density at radius 2 is 0.946 bits per heavy atom. The number of ether oxygens (including phenoxy) is 2. The van der Waals surface area contributed by atoms with Gasteiger partial charge in [-0.15, -0.1) is 0 Å². The topological polar surface area (TPSA) is 172 Å². The van der Waals surface area contributed by atoms with Crippen molar-refractivity contribution in [2.75, 3.05) is 19.8 Å². The molecule has 0 aromatic carbocycles. The van der Waals surface area contributed by atoms with Crippen LogP contribution in [0.15, 0.2) is 60.8 Å². The van der Waals surface area contributed by atoms with Gasteiger partial charge in [-0.2, -0.15) is 0 Å². The molecule has 0 aliphatic rings. The van der Waals surface area contributed by atoms with Crippen LogP contribution in [0.2, 0.25) is 0 Å². The molecule has 0 heterocycles. The smallest absolute Gasteiger partial charge is 0.472 e. The Bertz CT molecular complexity index is 1180. The van der Waals surface area contributed by atoms with Crippen molar-refractivity contribution < 1.29 is 47.5 Å². The number of carboxylic acids is 1. The Labute approximate surface area is 338 Å². The average molecular weight is 810 g/mol. The van der Waals surface area contributed by atoms with Gasteiger partial charge in [0.15, 0.2) is 6.10 Å². The molecule has 322 valence electrons. The number of aliphatic carboxylic acids is 1. The summed E-state index contributed by atoms with van der Waals surface area (Å²) in [4.78, 5) is 45.9. The Morgan fingerprint density at radius 3 is 1.48 bits per heavy atom. The number of hydrogen-bond donors (Lipinski definition) is 3. The second kappa shape index (κ2) is 39.0. The number of esters is 2. The lowest BCUT2D eigenvalue weighted by Gasteiger charge is -2.20. The molecule has 0 aliphatic heterocycles. The third-order valence-electron chi connectivity index (χ3n) is 8.74. The number of phosphoric ester groups is 1. The highest BCUT2D eigenvalue weighted by Crippen LogP contribution is 2.43. The maximum Gasteiger partial charge on any atom is 0.472 e. The fourth-order valence-corrected chi connectivity index (χ4v) is 6.11. The fraction of sp³-hybridized carbons (Fsp3) is 0.705. The Kier molecular flexibility index (Phi) is 37.1. The number of carboxylic acid groups (broad SMARTS) is 1. The van der Waals surface area contributed by atoms with Crippen molar-refractivity contribution in [1.29, 1.82) is 0 Å². The van der Waals surface area contributed by atoms with Gasteiger partial charge in [0.2, 0.25) is 0 Å². The molecule has 56 heavy (non-hydrogen) atoms. The highest BCUT2D eigenvalue weighted by Gasteiger charge is 2.28. The predicted molar refractivity (Wildman–Crippen MR) is 226 cm³/mol. The lowest BCUT2D eigenvalue weighted by atomic mass is 10.1. The van der Waals surface area contributed by atoms with Gasteiger partial charge in [0.05, 0.1) is 13.2 Å². The molecule has 0 saturated heterocycles. The number of unbranched alkanes of at least 4 members (excludes halogenated alkanes) is 15. The van der Waals surface area contributed by atoms with E-state index in [-0.39, 0.29) is 19.4 Å². The molecule has 3 atom stereocenters. The maximum absolute atomic E-state index is 12.6. The summed E-state index contributed by atoms with van der Waals surface area (Å²) in [6.07, 6.45) is 44.3. The fourth-order valence-electron chi connectivity index (χ4n) is 5.34. The van der Waals surface area contributed by atoms with Crippen molar-refractivity contribution in [3.8, 4) is 0 Å². The minimum atomic E-state index is -4.73. The van der Waals surface area contributed by atoms with Crippen LogP contribution < -0.4 is 5.73 Å². The van der Waals surface area contributed by atoms with Crippen molar-refractivity contribution in [1.82, 2.24) is 0 Å². The largest absolute Gasteiger partial charge is 0.480 e. The number of nitrogens with two attached hydrogens (primary N) is 1. The summed E-state index contributed by atoms with van der Waals surface area (Å²) in [6.45, 7) is 2.70. The first-order valence-corrected chi connectivity index (χ1v) is 22.8. The van der Waals surface area contributed by atoms with Crippen LogP contribution in [0.5, 0.6) is 0 Å². The van der Waals surface area contributed by atoms with Crippen molar-refractivity contribution >= 4 is 25.7 Å². The number of rotatable bonds is 39. The van der Waals surface area contributed by atoms with Crippen molar-refractivity contribution in [2.24, 2.45) is 5.73 Å². The van der Waals surface area contributed by atoms with E-state index in [2.05, 4.69) is 79.1 Å². The molecule has 12 heteroatoms. The Balaban J connectivity index is 4.45. The first-order valence-electron chi connectivity index (χ1n) is 21.3. The van der Waals surface area contributed by atoms with E-state index in [1.54, 1.807) is 0 Å². The van der Waals surface area contributed by atoms with E-state index in [0.717, 1.165) is 77.0 Å². The van der Waals surface area contributed by atoms with Gasteiger partial charge in [-0.05, 0) is 83.5 Å².